The summed E-state index contributed by atoms with van der Waals surface area (Å²) in [5.74, 6) is -0.206. The van der Waals surface area contributed by atoms with Gasteiger partial charge in [-0.2, -0.15) is 0 Å². The van der Waals surface area contributed by atoms with Crippen molar-refractivity contribution in [2.75, 3.05) is 5.32 Å². The summed E-state index contributed by atoms with van der Waals surface area (Å²) in [5.41, 5.74) is 1.56. The molecule has 0 fully saturated rings. The van der Waals surface area contributed by atoms with Crippen LogP contribution in [0, 0.1) is 0 Å². The molecule has 0 aliphatic rings. The van der Waals surface area contributed by atoms with Gasteiger partial charge in [0.25, 0.3) is 0 Å². The Balaban J connectivity index is 1.89. The zero-order chi connectivity index (χ0) is 16.1. The number of hydrogen-bond donors (Lipinski definition) is 2. The Labute approximate surface area is 152 Å². The fourth-order valence-electron chi connectivity index (χ4n) is 1.69. The number of anilines is 1. The molecule has 2 N–H and O–H groups in total. The largest absolute Gasteiger partial charge is 0.332 e. The van der Waals surface area contributed by atoms with E-state index in [4.69, 9.17) is 35.4 Å². The molecular formula is C15H11BrCl2N2OS. The standard InChI is InChI=1S/C15H11BrCl2N2OS/c16-12-6-5-11(8-13(12)18)19-15(22)20-14(21)7-9-1-3-10(17)4-2-9/h1-6,8H,7H2,(H2,19,20,21,22). The number of carbonyl (C=O) groups excluding carboxylic acids is 1. The average molecular weight is 418 g/mol. The van der Waals surface area contributed by atoms with Crippen LogP contribution in [0.1, 0.15) is 5.56 Å². The molecule has 0 bridgehead atoms. The highest BCUT2D eigenvalue weighted by molar-refractivity contribution is 9.10. The van der Waals surface area contributed by atoms with Crippen LogP contribution in [0.2, 0.25) is 10.0 Å². The summed E-state index contributed by atoms with van der Waals surface area (Å²) in [5, 5.41) is 6.94. The lowest BCUT2D eigenvalue weighted by molar-refractivity contribution is -0.119. The van der Waals surface area contributed by atoms with Crippen molar-refractivity contribution in [3.05, 3.63) is 62.5 Å². The molecule has 0 saturated carbocycles. The molecule has 1 amide bonds. The summed E-state index contributed by atoms with van der Waals surface area (Å²) < 4.78 is 0.789. The average Bonchev–Trinajstić information content (AvgIpc) is 2.45. The monoisotopic (exact) mass is 416 g/mol. The zero-order valence-corrected chi connectivity index (χ0v) is 15.1. The lowest BCUT2D eigenvalue weighted by Gasteiger charge is -2.10. The number of halogens is 3. The highest BCUT2D eigenvalue weighted by atomic mass is 79.9. The Bertz CT molecular complexity index is 707. The molecule has 114 valence electrons. The molecular weight excluding hydrogens is 407 g/mol. The van der Waals surface area contributed by atoms with Gasteiger partial charge in [-0.3, -0.25) is 4.79 Å². The predicted molar refractivity (Wildman–Crippen MR) is 98.7 cm³/mol. The smallest absolute Gasteiger partial charge is 0.230 e. The Morgan fingerprint density at radius 1 is 1.14 bits per heavy atom. The zero-order valence-electron chi connectivity index (χ0n) is 11.2. The van der Waals surface area contributed by atoms with Crippen LogP contribution in [0.15, 0.2) is 46.9 Å². The summed E-state index contributed by atoms with van der Waals surface area (Å²) in [7, 11) is 0. The first-order valence-corrected chi connectivity index (χ1v) is 8.20. The van der Waals surface area contributed by atoms with Crippen LogP contribution >= 0.6 is 51.3 Å². The third-order valence-electron chi connectivity index (χ3n) is 2.71. The number of carbonyl (C=O) groups is 1. The van der Waals surface area contributed by atoms with Gasteiger partial charge in [0.2, 0.25) is 5.91 Å². The minimum Gasteiger partial charge on any atom is -0.332 e. The van der Waals surface area contributed by atoms with Gasteiger partial charge in [-0.05, 0) is 64.0 Å². The lowest BCUT2D eigenvalue weighted by Crippen LogP contribution is -2.35. The number of rotatable bonds is 3. The van der Waals surface area contributed by atoms with Crippen molar-refractivity contribution < 1.29 is 4.79 Å². The van der Waals surface area contributed by atoms with E-state index in [1.165, 1.54) is 0 Å². The van der Waals surface area contributed by atoms with Crippen LogP contribution in [0.4, 0.5) is 5.69 Å². The van der Waals surface area contributed by atoms with E-state index in [0.717, 1.165) is 10.0 Å². The Hall–Kier alpha value is -1.14. The molecule has 3 nitrogen and oxygen atoms in total. The summed E-state index contributed by atoms with van der Waals surface area (Å²) >= 11 is 20.2. The van der Waals surface area contributed by atoms with Gasteiger partial charge < -0.3 is 10.6 Å². The number of benzene rings is 2. The molecule has 0 spiro atoms. The normalized spacial score (nSPS) is 10.1. The molecule has 0 radical (unpaired) electrons. The van der Waals surface area contributed by atoms with Crippen molar-refractivity contribution in [3.63, 3.8) is 0 Å². The van der Waals surface area contributed by atoms with E-state index in [0.29, 0.717) is 15.7 Å². The Morgan fingerprint density at radius 3 is 2.45 bits per heavy atom. The number of nitrogens with one attached hydrogen (secondary N) is 2. The summed E-state index contributed by atoms with van der Waals surface area (Å²) in [6.45, 7) is 0. The van der Waals surface area contributed by atoms with Gasteiger partial charge >= 0.3 is 0 Å². The maximum absolute atomic E-state index is 11.9. The number of hydrogen-bond acceptors (Lipinski definition) is 2. The second-order valence-electron chi connectivity index (χ2n) is 4.43. The first kappa shape index (κ1) is 17.2. The maximum Gasteiger partial charge on any atom is 0.230 e. The van der Waals surface area contributed by atoms with Crippen molar-refractivity contribution in [1.82, 2.24) is 5.32 Å². The second-order valence-corrected chi connectivity index (χ2v) is 6.54. The molecule has 0 aromatic heterocycles. The fourth-order valence-corrected chi connectivity index (χ4v) is 2.48. The van der Waals surface area contributed by atoms with Gasteiger partial charge in [-0.25, -0.2) is 0 Å². The van der Waals surface area contributed by atoms with Gasteiger partial charge in [0.15, 0.2) is 5.11 Å². The van der Waals surface area contributed by atoms with Gasteiger partial charge in [-0.1, -0.05) is 35.3 Å². The van der Waals surface area contributed by atoms with Crippen molar-refractivity contribution in [1.29, 1.82) is 0 Å². The molecule has 2 aromatic rings. The second kappa shape index (κ2) is 7.92. The molecule has 2 aromatic carbocycles. The van der Waals surface area contributed by atoms with E-state index >= 15 is 0 Å². The molecule has 0 unspecified atom stereocenters. The molecule has 0 atom stereocenters. The van der Waals surface area contributed by atoms with Gasteiger partial charge in [0.05, 0.1) is 11.4 Å². The first-order valence-electron chi connectivity index (χ1n) is 6.24. The SMILES string of the molecule is O=C(Cc1ccc(Cl)cc1)NC(=S)Nc1ccc(Br)c(Cl)c1. The van der Waals surface area contributed by atoms with Crippen molar-refractivity contribution >= 4 is 68.1 Å². The quantitative estimate of drug-likeness (QED) is 0.704. The highest BCUT2D eigenvalue weighted by Gasteiger charge is 2.07. The van der Waals surface area contributed by atoms with Crippen molar-refractivity contribution in [3.8, 4) is 0 Å². The topological polar surface area (TPSA) is 41.1 Å². The Morgan fingerprint density at radius 2 is 1.82 bits per heavy atom. The number of amides is 1. The van der Waals surface area contributed by atoms with E-state index < -0.39 is 0 Å². The summed E-state index contributed by atoms with van der Waals surface area (Å²) in [6, 6.07) is 12.4. The third kappa shape index (κ3) is 5.25. The molecule has 2 rings (SSSR count). The van der Waals surface area contributed by atoms with Gasteiger partial charge in [0.1, 0.15) is 0 Å². The van der Waals surface area contributed by atoms with Crippen LogP contribution < -0.4 is 10.6 Å². The molecule has 7 heteroatoms. The van der Waals surface area contributed by atoms with E-state index in [1.807, 2.05) is 0 Å². The highest BCUT2D eigenvalue weighted by Crippen LogP contribution is 2.25. The van der Waals surface area contributed by atoms with Crippen LogP contribution in [-0.2, 0) is 11.2 Å². The predicted octanol–water partition coefficient (Wildman–Crippen LogP) is 4.81. The van der Waals surface area contributed by atoms with E-state index in [-0.39, 0.29) is 17.4 Å². The summed E-state index contributed by atoms with van der Waals surface area (Å²) in [6.07, 6.45) is 0.222. The van der Waals surface area contributed by atoms with Crippen molar-refractivity contribution in [2.45, 2.75) is 6.42 Å². The number of thiocarbonyl (C=S) groups is 1. The van der Waals surface area contributed by atoms with Crippen LogP contribution in [0.3, 0.4) is 0 Å². The van der Waals surface area contributed by atoms with E-state index in [9.17, 15) is 4.79 Å². The molecule has 0 saturated heterocycles. The molecule has 0 heterocycles. The Kier molecular flexibility index (Phi) is 6.20. The van der Waals surface area contributed by atoms with Gasteiger partial charge in [0, 0.05) is 15.2 Å². The van der Waals surface area contributed by atoms with Crippen LogP contribution in [0.5, 0.6) is 0 Å². The minimum absolute atomic E-state index is 0.206. The van der Waals surface area contributed by atoms with Crippen LogP contribution in [0.25, 0.3) is 0 Å². The maximum atomic E-state index is 11.9. The molecule has 0 aliphatic heterocycles. The van der Waals surface area contributed by atoms with Gasteiger partial charge in [-0.15, -0.1) is 0 Å². The van der Waals surface area contributed by atoms with Crippen molar-refractivity contribution in [2.24, 2.45) is 0 Å². The van der Waals surface area contributed by atoms with Crippen LogP contribution in [-0.4, -0.2) is 11.0 Å². The first-order chi connectivity index (χ1) is 10.4. The minimum atomic E-state index is -0.206. The van der Waals surface area contributed by atoms with E-state index in [1.54, 1.807) is 42.5 Å². The van der Waals surface area contributed by atoms with E-state index in [2.05, 4.69) is 26.6 Å². The third-order valence-corrected chi connectivity index (χ3v) is 4.40. The molecule has 22 heavy (non-hydrogen) atoms. The molecule has 0 aliphatic carbocycles. The lowest BCUT2D eigenvalue weighted by atomic mass is 10.1. The fraction of sp³-hybridized carbons (Fsp3) is 0.0667. The summed E-state index contributed by atoms with van der Waals surface area (Å²) in [4.78, 5) is 11.9.